The lowest BCUT2D eigenvalue weighted by atomic mass is 9.99. The Balaban J connectivity index is 1.82. The largest absolute Gasteiger partial charge is 0.496 e. The van der Waals surface area contributed by atoms with Crippen molar-refractivity contribution in [3.63, 3.8) is 0 Å². The van der Waals surface area contributed by atoms with Crippen molar-refractivity contribution in [2.24, 2.45) is 0 Å². The van der Waals surface area contributed by atoms with Gasteiger partial charge in [0.05, 0.1) is 25.9 Å². The van der Waals surface area contributed by atoms with Gasteiger partial charge in [0.2, 0.25) is 0 Å². The summed E-state index contributed by atoms with van der Waals surface area (Å²) in [5, 5.41) is 3.42. The van der Waals surface area contributed by atoms with Gasteiger partial charge in [-0.2, -0.15) is 0 Å². The minimum absolute atomic E-state index is 0.371. The maximum absolute atomic E-state index is 5.91. The average Bonchev–Trinajstić information content (AvgIpc) is 2.74. The molecular formula is C21H26N2O3. The first-order valence-corrected chi connectivity index (χ1v) is 9.33. The zero-order valence-corrected chi connectivity index (χ0v) is 15.2. The highest BCUT2D eigenvalue weighted by Crippen LogP contribution is 2.42. The molecule has 2 fully saturated rings. The molecule has 0 radical (unpaired) electrons. The third-order valence-corrected chi connectivity index (χ3v) is 4.95. The lowest BCUT2D eigenvalue weighted by Gasteiger charge is -2.32. The van der Waals surface area contributed by atoms with Crippen molar-refractivity contribution in [1.82, 2.24) is 5.32 Å². The molecule has 4 rings (SSSR count). The molecule has 2 aromatic rings. The number of hydrogen-bond donors (Lipinski definition) is 1. The summed E-state index contributed by atoms with van der Waals surface area (Å²) in [4.78, 5) is 2.41. The molecule has 0 unspecified atom stereocenters. The molecule has 2 aliphatic heterocycles. The second-order valence-corrected chi connectivity index (χ2v) is 6.65. The van der Waals surface area contributed by atoms with Gasteiger partial charge >= 0.3 is 0 Å². The zero-order valence-electron chi connectivity index (χ0n) is 15.2. The summed E-state index contributed by atoms with van der Waals surface area (Å²) in [7, 11) is 1.72. The average molecular weight is 354 g/mol. The van der Waals surface area contributed by atoms with E-state index in [1.165, 1.54) is 5.69 Å². The number of ether oxygens (including phenoxy) is 3. The highest BCUT2D eigenvalue weighted by molar-refractivity contribution is 5.77. The van der Waals surface area contributed by atoms with Gasteiger partial charge in [-0.3, -0.25) is 0 Å². The monoisotopic (exact) mass is 354 g/mol. The quantitative estimate of drug-likeness (QED) is 0.913. The fourth-order valence-corrected chi connectivity index (χ4v) is 3.64. The molecule has 0 bridgehead atoms. The van der Waals surface area contributed by atoms with E-state index in [4.69, 9.17) is 14.2 Å². The Morgan fingerprint density at radius 1 is 1.04 bits per heavy atom. The summed E-state index contributed by atoms with van der Waals surface area (Å²) in [6, 6.07) is 14.8. The van der Waals surface area contributed by atoms with Crippen LogP contribution in [0.5, 0.6) is 5.75 Å². The number of hydrogen-bond acceptors (Lipinski definition) is 5. The summed E-state index contributed by atoms with van der Waals surface area (Å²) in [6.07, 6.45) is 0.561. The first-order valence-electron chi connectivity index (χ1n) is 9.33. The van der Waals surface area contributed by atoms with Gasteiger partial charge in [-0.1, -0.05) is 30.3 Å². The molecule has 5 nitrogen and oxygen atoms in total. The molecule has 2 aromatic carbocycles. The number of benzene rings is 2. The molecule has 2 saturated heterocycles. The second kappa shape index (κ2) is 8.08. The molecule has 0 amide bonds. The van der Waals surface area contributed by atoms with Gasteiger partial charge < -0.3 is 24.4 Å². The van der Waals surface area contributed by atoms with Crippen LogP contribution in [-0.4, -0.2) is 46.5 Å². The fraction of sp³-hybridized carbons (Fsp3) is 0.429. The molecule has 0 aromatic heterocycles. The molecular weight excluding hydrogens is 328 g/mol. The van der Waals surface area contributed by atoms with Crippen LogP contribution in [0, 0.1) is 0 Å². The Hall–Kier alpha value is -2.08. The van der Waals surface area contributed by atoms with Crippen LogP contribution in [0.25, 0.3) is 11.1 Å². The SMILES string of the molecule is COc1c(-c2ccccc2)cc(N2CCNCC2)cc1C1OCCCO1. The van der Waals surface area contributed by atoms with Crippen molar-refractivity contribution in [2.45, 2.75) is 12.7 Å². The van der Waals surface area contributed by atoms with E-state index in [-0.39, 0.29) is 6.29 Å². The molecule has 0 atom stereocenters. The Kier molecular flexibility index (Phi) is 5.39. The number of piperazine rings is 1. The van der Waals surface area contributed by atoms with Crippen molar-refractivity contribution in [1.29, 1.82) is 0 Å². The Morgan fingerprint density at radius 2 is 1.77 bits per heavy atom. The second-order valence-electron chi connectivity index (χ2n) is 6.65. The van der Waals surface area contributed by atoms with E-state index >= 15 is 0 Å². The van der Waals surface area contributed by atoms with Gasteiger partial charge in [-0.15, -0.1) is 0 Å². The van der Waals surface area contributed by atoms with Crippen molar-refractivity contribution in [2.75, 3.05) is 51.4 Å². The van der Waals surface area contributed by atoms with Gasteiger partial charge in [0.15, 0.2) is 6.29 Å². The smallest absolute Gasteiger partial charge is 0.187 e. The fourth-order valence-electron chi connectivity index (χ4n) is 3.64. The van der Waals surface area contributed by atoms with Crippen molar-refractivity contribution < 1.29 is 14.2 Å². The Labute approximate surface area is 154 Å². The minimum Gasteiger partial charge on any atom is -0.496 e. The summed E-state index contributed by atoms with van der Waals surface area (Å²) in [5.41, 5.74) is 4.39. The molecule has 2 heterocycles. The highest BCUT2D eigenvalue weighted by atomic mass is 16.7. The van der Waals surface area contributed by atoms with Crippen molar-refractivity contribution >= 4 is 5.69 Å². The molecule has 138 valence electrons. The van der Waals surface area contributed by atoms with E-state index < -0.39 is 0 Å². The van der Waals surface area contributed by atoms with Gasteiger partial charge in [0, 0.05) is 37.4 Å². The van der Waals surface area contributed by atoms with Crippen LogP contribution >= 0.6 is 0 Å². The van der Waals surface area contributed by atoms with E-state index in [0.29, 0.717) is 13.2 Å². The standard InChI is InChI=1S/C21H26N2O3/c1-24-20-18(16-6-3-2-4-7-16)14-17(23-10-8-22-9-11-23)15-19(20)21-25-12-5-13-26-21/h2-4,6-7,14-15,21-22H,5,8-13H2,1H3. The number of nitrogens with one attached hydrogen (secondary N) is 1. The maximum atomic E-state index is 5.91. The van der Waals surface area contributed by atoms with Crippen LogP contribution in [-0.2, 0) is 9.47 Å². The maximum Gasteiger partial charge on any atom is 0.187 e. The van der Waals surface area contributed by atoms with Crippen LogP contribution in [0.2, 0.25) is 0 Å². The number of nitrogens with zero attached hydrogens (tertiary/aromatic N) is 1. The molecule has 2 aliphatic rings. The normalized spacial score (nSPS) is 18.7. The van der Waals surface area contributed by atoms with Crippen LogP contribution < -0.4 is 15.0 Å². The van der Waals surface area contributed by atoms with Gasteiger partial charge in [-0.05, 0) is 24.1 Å². The Bertz CT molecular complexity index is 724. The van der Waals surface area contributed by atoms with Crippen molar-refractivity contribution in [3.8, 4) is 16.9 Å². The van der Waals surface area contributed by atoms with Crippen LogP contribution in [0.15, 0.2) is 42.5 Å². The molecule has 0 saturated carbocycles. The van der Waals surface area contributed by atoms with Crippen LogP contribution in [0.1, 0.15) is 18.3 Å². The van der Waals surface area contributed by atoms with E-state index in [1.54, 1.807) is 7.11 Å². The van der Waals surface area contributed by atoms with E-state index in [0.717, 1.165) is 55.0 Å². The molecule has 5 heteroatoms. The predicted octanol–water partition coefficient (Wildman–Crippen LogP) is 3.21. The lowest BCUT2D eigenvalue weighted by molar-refractivity contribution is -0.183. The lowest BCUT2D eigenvalue weighted by Crippen LogP contribution is -2.43. The first-order chi connectivity index (χ1) is 12.9. The van der Waals surface area contributed by atoms with E-state index in [2.05, 4.69) is 46.6 Å². The topological polar surface area (TPSA) is 43.0 Å². The molecule has 0 aliphatic carbocycles. The predicted molar refractivity (Wildman–Crippen MR) is 103 cm³/mol. The first kappa shape index (κ1) is 17.3. The van der Waals surface area contributed by atoms with E-state index in [1.807, 2.05) is 6.07 Å². The van der Waals surface area contributed by atoms with Crippen LogP contribution in [0.3, 0.4) is 0 Å². The van der Waals surface area contributed by atoms with Crippen molar-refractivity contribution in [3.05, 3.63) is 48.0 Å². The molecule has 1 N–H and O–H groups in total. The number of rotatable bonds is 4. The highest BCUT2D eigenvalue weighted by Gasteiger charge is 2.25. The third-order valence-electron chi connectivity index (χ3n) is 4.95. The van der Waals surface area contributed by atoms with E-state index in [9.17, 15) is 0 Å². The van der Waals surface area contributed by atoms with Crippen LogP contribution in [0.4, 0.5) is 5.69 Å². The molecule has 0 spiro atoms. The summed E-state index contributed by atoms with van der Waals surface area (Å²) >= 11 is 0. The zero-order chi connectivity index (χ0) is 17.8. The van der Waals surface area contributed by atoms with Gasteiger partial charge in [0.1, 0.15) is 5.75 Å². The van der Waals surface area contributed by atoms with Gasteiger partial charge in [-0.25, -0.2) is 0 Å². The number of methoxy groups -OCH3 is 1. The Morgan fingerprint density at radius 3 is 2.46 bits per heavy atom. The minimum atomic E-state index is -0.371. The summed E-state index contributed by atoms with van der Waals surface area (Å²) in [6.45, 7) is 5.41. The van der Waals surface area contributed by atoms with Gasteiger partial charge in [0.25, 0.3) is 0 Å². The molecule has 26 heavy (non-hydrogen) atoms. The number of anilines is 1. The summed E-state index contributed by atoms with van der Waals surface area (Å²) < 4.78 is 17.6. The third kappa shape index (κ3) is 3.56. The summed E-state index contributed by atoms with van der Waals surface area (Å²) in [5.74, 6) is 0.835.